The molecular weight excluding hydrogens is 368 g/mol. The molecule has 10 heteroatoms. The van der Waals surface area contributed by atoms with Crippen molar-refractivity contribution in [2.45, 2.75) is 12.5 Å². The van der Waals surface area contributed by atoms with Gasteiger partial charge in [-0.25, -0.2) is 4.79 Å². The first-order valence-electron chi connectivity index (χ1n) is 8.20. The SMILES string of the molecule is C[C@]1(c2ccc(NC(=O)COc3ccccc3[N+](=O)[O-])cc2)NC(=O)NC1=O. The normalized spacial score (nSPS) is 18.2. The summed E-state index contributed by atoms with van der Waals surface area (Å²) < 4.78 is 5.23. The van der Waals surface area contributed by atoms with Gasteiger partial charge in [0, 0.05) is 11.8 Å². The first kappa shape index (κ1) is 18.8. The van der Waals surface area contributed by atoms with E-state index in [0.717, 1.165) is 0 Å². The molecule has 4 amide bonds. The standard InChI is InChI=1S/C18H16N4O6/c1-18(16(24)20-17(25)21-18)11-6-8-12(9-7-11)19-15(23)10-28-14-5-3-2-4-13(14)22(26)27/h2-9H,10H2,1H3,(H,19,23)(H2,20,21,24,25)/t18-/m1/s1. The van der Waals surface area contributed by atoms with Crippen molar-refractivity contribution < 1.29 is 24.0 Å². The number of nitro benzene ring substituents is 1. The van der Waals surface area contributed by atoms with Gasteiger partial charge in [0.2, 0.25) is 0 Å². The molecule has 0 aliphatic carbocycles. The number of amides is 4. The maximum atomic E-state index is 12.0. The summed E-state index contributed by atoms with van der Waals surface area (Å²) in [5.41, 5.74) is -0.433. The number of ether oxygens (including phenoxy) is 1. The monoisotopic (exact) mass is 384 g/mol. The van der Waals surface area contributed by atoms with Crippen LogP contribution in [0.25, 0.3) is 0 Å². The van der Waals surface area contributed by atoms with Crippen molar-refractivity contribution in [3.05, 3.63) is 64.2 Å². The molecule has 0 bridgehead atoms. The first-order chi connectivity index (χ1) is 13.3. The Morgan fingerprint density at radius 1 is 1.18 bits per heavy atom. The van der Waals surface area contributed by atoms with Crippen molar-refractivity contribution in [3.8, 4) is 5.75 Å². The Kier molecular flexibility index (Phi) is 4.94. The summed E-state index contributed by atoms with van der Waals surface area (Å²) in [6, 6.07) is 11.5. The van der Waals surface area contributed by atoms with Gasteiger partial charge in [-0.05, 0) is 30.7 Å². The highest BCUT2D eigenvalue weighted by Crippen LogP contribution is 2.27. The van der Waals surface area contributed by atoms with E-state index in [1.165, 1.54) is 18.2 Å². The van der Waals surface area contributed by atoms with Crippen molar-refractivity contribution in [3.63, 3.8) is 0 Å². The number of nitrogens with one attached hydrogen (secondary N) is 3. The predicted octanol–water partition coefficient (Wildman–Crippen LogP) is 1.67. The number of imide groups is 1. The predicted molar refractivity (Wildman–Crippen MR) is 97.7 cm³/mol. The molecule has 3 rings (SSSR count). The van der Waals surface area contributed by atoms with Gasteiger partial charge in [-0.1, -0.05) is 24.3 Å². The minimum atomic E-state index is -1.19. The lowest BCUT2D eigenvalue weighted by Crippen LogP contribution is -2.40. The number of nitrogens with zero attached hydrogens (tertiary/aromatic N) is 1. The smallest absolute Gasteiger partial charge is 0.322 e. The second-order valence-corrected chi connectivity index (χ2v) is 6.17. The van der Waals surface area contributed by atoms with Crippen LogP contribution in [0.15, 0.2) is 48.5 Å². The molecule has 2 aromatic rings. The number of hydrogen-bond acceptors (Lipinski definition) is 6. The van der Waals surface area contributed by atoms with Crippen LogP contribution in [-0.2, 0) is 15.1 Å². The molecule has 2 aromatic carbocycles. The number of rotatable bonds is 6. The maximum Gasteiger partial charge on any atom is 0.322 e. The molecule has 1 aliphatic heterocycles. The molecule has 144 valence electrons. The molecule has 0 radical (unpaired) electrons. The molecule has 1 atom stereocenters. The second kappa shape index (κ2) is 7.35. The van der Waals surface area contributed by atoms with Crippen molar-refractivity contribution in [2.24, 2.45) is 0 Å². The van der Waals surface area contributed by atoms with Gasteiger partial charge in [0.25, 0.3) is 11.8 Å². The minimum Gasteiger partial charge on any atom is -0.477 e. The number of urea groups is 1. The summed E-state index contributed by atoms with van der Waals surface area (Å²) in [5, 5.41) is 18.2. The third-order valence-corrected chi connectivity index (χ3v) is 4.21. The van der Waals surface area contributed by atoms with Gasteiger partial charge in [-0.15, -0.1) is 0 Å². The summed E-state index contributed by atoms with van der Waals surface area (Å²) in [5.74, 6) is -0.981. The lowest BCUT2D eigenvalue weighted by atomic mass is 9.92. The Morgan fingerprint density at radius 3 is 2.46 bits per heavy atom. The van der Waals surface area contributed by atoms with E-state index in [1.54, 1.807) is 37.3 Å². The van der Waals surface area contributed by atoms with Crippen LogP contribution in [0.1, 0.15) is 12.5 Å². The van der Waals surface area contributed by atoms with Gasteiger partial charge in [-0.3, -0.25) is 25.0 Å². The van der Waals surface area contributed by atoms with E-state index in [-0.39, 0.29) is 11.4 Å². The lowest BCUT2D eigenvalue weighted by Gasteiger charge is -2.21. The summed E-state index contributed by atoms with van der Waals surface area (Å²) in [6.07, 6.45) is 0. The zero-order chi connectivity index (χ0) is 20.3. The van der Waals surface area contributed by atoms with E-state index >= 15 is 0 Å². The van der Waals surface area contributed by atoms with Gasteiger partial charge >= 0.3 is 11.7 Å². The number of para-hydroxylation sites is 2. The average molecular weight is 384 g/mol. The molecule has 1 aliphatic rings. The average Bonchev–Trinajstić information content (AvgIpc) is 2.93. The van der Waals surface area contributed by atoms with Crippen LogP contribution in [0.3, 0.4) is 0 Å². The Balaban J connectivity index is 1.62. The molecule has 1 saturated heterocycles. The lowest BCUT2D eigenvalue weighted by molar-refractivity contribution is -0.385. The Hall–Kier alpha value is -3.95. The quantitative estimate of drug-likeness (QED) is 0.393. The molecule has 3 N–H and O–H groups in total. The maximum absolute atomic E-state index is 12.0. The van der Waals surface area contributed by atoms with Crippen LogP contribution >= 0.6 is 0 Å². The third-order valence-electron chi connectivity index (χ3n) is 4.21. The van der Waals surface area contributed by atoms with Crippen molar-refractivity contribution in [1.29, 1.82) is 0 Å². The van der Waals surface area contributed by atoms with Gasteiger partial charge in [0.1, 0.15) is 5.54 Å². The fourth-order valence-corrected chi connectivity index (χ4v) is 2.70. The van der Waals surface area contributed by atoms with Gasteiger partial charge in [0.05, 0.1) is 4.92 Å². The summed E-state index contributed by atoms with van der Waals surface area (Å²) in [7, 11) is 0. The second-order valence-electron chi connectivity index (χ2n) is 6.17. The van der Waals surface area contributed by atoms with Crippen LogP contribution in [0.5, 0.6) is 5.75 Å². The number of benzene rings is 2. The van der Waals surface area contributed by atoms with E-state index in [1.807, 2.05) is 0 Å². The first-order valence-corrected chi connectivity index (χ1v) is 8.20. The van der Waals surface area contributed by atoms with Crippen LogP contribution in [0.2, 0.25) is 0 Å². The number of carbonyl (C=O) groups is 3. The van der Waals surface area contributed by atoms with Crippen molar-refractivity contribution in [1.82, 2.24) is 10.6 Å². The van der Waals surface area contributed by atoms with E-state index in [9.17, 15) is 24.5 Å². The zero-order valence-corrected chi connectivity index (χ0v) is 14.7. The van der Waals surface area contributed by atoms with E-state index < -0.39 is 34.9 Å². The number of anilines is 1. The van der Waals surface area contributed by atoms with Crippen LogP contribution in [0.4, 0.5) is 16.2 Å². The number of carbonyl (C=O) groups excluding carboxylic acids is 3. The Morgan fingerprint density at radius 2 is 1.86 bits per heavy atom. The topological polar surface area (TPSA) is 140 Å². The highest BCUT2D eigenvalue weighted by molar-refractivity contribution is 6.07. The largest absolute Gasteiger partial charge is 0.477 e. The highest BCUT2D eigenvalue weighted by Gasteiger charge is 2.43. The summed E-state index contributed by atoms with van der Waals surface area (Å²) in [4.78, 5) is 45.7. The summed E-state index contributed by atoms with van der Waals surface area (Å²) in [6.45, 7) is 1.16. The van der Waals surface area contributed by atoms with E-state index in [0.29, 0.717) is 11.3 Å². The fourth-order valence-electron chi connectivity index (χ4n) is 2.70. The molecule has 1 heterocycles. The fraction of sp³-hybridized carbons (Fsp3) is 0.167. The number of nitro groups is 1. The van der Waals surface area contributed by atoms with Gasteiger partial charge in [0.15, 0.2) is 12.4 Å². The van der Waals surface area contributed by atoms with Gasteiger partial charge < -0.3 is 15.4 Å². The molecule has 1 fully saturated rings. The molecule has 28 heavy (non-hydrogen) atoms. The summed E-state index contributed by atoms with van der Waals surface area (Å²) >= 11 is 0. The highest BCUT2D eigenvalue weighted by atomic mass is 16.6. The third kappa shape index (κ3) is 3.75. The van der Waals surface area contributed by atoms with Crippen LogP contribution in [0, 0.1) is 10.1 Å². The molecule has 0 aromatic heterocycles. The van der Waals surface area contributed by atoms with Gasteiger partial charge in [-0.2, -0.15) is 0 Å². The minimum absolute atomic E-state index is 0.00564. The van der Waals surface area contributed by atoms with E-state index in [2.05, 4.69) is 16.0 Å². The molecule has 10 nitrogen and oxygen atoms in total. The van der Waals surface area contributed by atoms with E-state index in [4.69, 9.17) is 4.74 Å². The molecule has 0 spiro atoms. The van der Waals surface area contributed by atoms with Crippen LogP contribution < -0.4 is 20.7 Å². The van der Waals surface area contributed by atoms with Crippen LogP contribution in [-0.4, -0.2) is 29.4 Å². The Labute approximate surface area is 159 Å². The Bertz CT molecular complexity index is 959. The molecule has 0 unspecified atom stereocenters. The van der Waals surface area contributed by atoms with Crippen molar-refractivity contribution >= 4 is 29.2 Å². The molecular formula is C18H16N4O6. The number of hydrogen-bond donors (Lipinski definition) is 3. The molecule has 0 saturated carbocycles. The zero-order valence-electron chi connectivity index (χ0n) is 14.7. The van der Waals surface area contributed by atoms with Crippen molar-refractivity contribution in [2.75, 3.05) is 11.9 Å².